The van der Waals surface area contributed by atoms with E-state index in [9.17, 15) is 4.79 Å². The van der Waals surface area contributed by atoms with Crippen molar-refractivity contribution in [1.29, 1.82) is 0 Å². The Hall–Kier alpha value is -1.17. The SMILES string of the molecule is O=C(c1ccc(Br)cc1)N1CCOC(c2ccc(Br)cc2)C1. The summed E-state index contributed by atoms with van der Waals surface area (Å²) in [5, 5.41) is 0. The Bertz CT molecular complexity index is 655. The Kier molecular flexibility index (Phi) is 4.96. The molecule has 0 spiro atoms. The Labute approximate surface area is 146 Å². The molecule has 2 aromatic carbocycles. The molecule has 1 aliphatic heterocycles. The van der Waals surface area contributed by atoms with Gasteiger partial charge in [0.2, 0.25) is 0 Å². The smallest absolute Gasteiger partial charge is 0.254 e. The first-order chi connectivity index (χ1) is 10.6. The monoisotopic (exact) mass is 423 g/mol. The Morgan fingerprint density at radius 3 is 2.23 bits per heavy atom. The minimum atomic E-state index is -0.0683. The van der Waals surface area contributed by atoms with Crippen LogP contribution in [0.1, 0.15) is 22.0 Å². The highest BCUT2D eigenvalue weighted by atomic mass is 79.9. The standard InChI is InChI=1S/C17H15Br2NO2/c18-14-5-1-12(2-6-14)16-11-20(9-10-22-16)17(21)13-3-7-15(19)8-4-13/h1-8,16H,9-11H2. The molecule has 1 heterocycles. The van der Waals surface area contributed by atoms with E-state index in [-0.39, 0.29) is 12.0 Å². The maximum Gasteiger partial charge on any atom is 0.254 e. The first-order valence-electron chi connectivity index (χ1n) is 7.05. The van der Waals surface area contributed by atoms with E-state index < -0.39 is 0 Å². The maximum absolute atomic E-state index is 12.6. The molecule has 1 atom stereocenters. The first kappa shape index (κ1) is 15.7. The van der Waals surface area contributed by atoms with Gasteiger partial charge in [-0.05, 0) is 42.0 Å². The van der Waals surface area contributed by atoms with E-state index in [1.165, 1.54) is 0 Å². The van der Waals surface area contributed by atoms with Crippen LogP contribution in [-0.4, -0.2) is 30.5 Å². The summed E-state index contributed by atoms with van der Waals surface area (Å²) in [6.07, 6.45) is -0.0683. The lowest BCUT2D eigenvalue weighted by atomic mass is 10.1. The number of amides is 1. The van der Waals surface area contributed by atoms with Crippen molar-refractivity contribution in [2.75, 3.05) is 19.7 Å². The van der Waals surface area contributed by atoms with Crippen LogP contribution in [0.5, 0.6) is 0 Å². The van der Waals surface area contributed by atoms with Crippen molar-refractivity contribution < 1.29 is 9.53 Å². The van der Waals surface area contributed by atoms with Gasteiger partial charge in [0.05, 0.1) is 13.2 Å². The molecule has 22 heavy (non-hydrogen) atoms. The van der Waals surface area contributed by atoms with Crippen molar-refractivity contribution in [3.8, 4) is 0 Å². The van der Waals surface area contributed by atoms with Crippen LogP contribution in [0.3, 0.4) is 0 Å². The van der Waals surface area contributed by atoms with Gasteiger partial charge in [-0.1, -0.05) is 44.0 Å². The number of ether oxygens (including phenoxy) is 1. The molecule has 1 fully saturated rings. The van der Waals surface area contributed by atoms with Gasteiger partial charge in [-0.15, -0.1) is 0 Å². The van der Waals surface area contributed by atoms with Crippen molar-refractivity contribution in [3.05, 3.63) is 68.6 Å². The lowest BCUT2D eigenvalue weighted by molar-refractivity contribution is -0.0228. The highest BCUT2D eigenvalue weighted by molar-refractivity contribution is 9.10. The van der Waals surface area contributed by atoms with E-state index in [2.05, 4.69) is 31.9 Å². The molecule has 0 aromatic heterocycles. The van der Waals surface area contributed by atoms with Crippen LogP contribution in [0.15, 0.2) is 57.5 Å². The minimum Gasteiger partial charge on any atom is -0.370 e. The van der Waals surface area contributed by atoms with Crippen LogP contribution < -0.4 is 0 Å². The van der Waals surface area contributed by atoms with E-state index in [1.54, 1.807) is 0 Å². The molecule has 1 unspecified atom stereocenters. The lowest BCUT2D eigenvalue weighted by Gasteiger charge is -2.33. The van der Waals surface area contributed by atoms with Crippen molar-refractivity contribution in [2.24, 2.45) is 0 Å². The summed E-state index contributed by atoms with van der Waals surface area (Å²) >= 11 is 6.82. The molecule has 1 aliphatic rings. The molecule has 0 bridgehead atoms. The number of carbonyl (C=O) groups is 1. The van der Waals surface area contributed by atoms with Gasteiger partial charge in [-0.3, -0.25) is 4.79 Å². The number of hydrogen-bond acceptors (Lipinski definition) is 2. The van der Waals surface area contributed by atoms with E-state index >= 15 is 0 Å². The molecular weight excluding hydrogens is 410 g/mol. The molecule has 1 saturated heterocycles. The van der Waals surface area contributed by atoms with Gasteiger partial charge in [0.15, 0.2) is 0 Å². The lowest BCUT2D eigenvalue weighted by Crippen LogP contribution is -2.42. The van der Waals surface area contributed by atoms with Gasteiger partial charge >= 0.3 is 0 Å². The molecule has 0 radical (unpaired) electrons. The van der Waals surface area contributed by atoms with Crippen LogP contribution in [-0.2, 0) is 4.74 Å². The molecule has 5 heteroatoms. The second kappa shape index (κ2) is 6.94. The van der Waals surface area contributed by atoms with Crippen LogP contribution >= 0.6 is 31.9 Å². The number of morpholine rings is 1. The summed E-state index contributed by atoms with van der Waals surface area (Å²) in [6, 6.07) is 15.5. The predicted molar refractivity (Wildman–Crippen MR) is 92.9 cm³/mol. The highest BCUT2D eigenvalue weighted by Gasteiger charge is 2.26. The maximum atomic E-state index is 12.6. The quantitative estimate of drug-likeness (QED) is 0.713. The van der Waals surface area contributed by atoms with Crippen LogP contribution in [0.25, 0.3) is 0 Å². The Morgan fingerprint density at radius 2 is 1.59 bits per heavy atom. The number of nitrogens with zero attached hydrogens (tertiary/aromatic N) is 1. The van der Waals surface area contributed by atoms with Gasteiger partial charge in [0.25, 0.3) is 5.91 Å². The van der Waals surface area contributed by atoms with E-state index in [1.807, 2.05) is 53.4 Å². The Morgan fingerprint density at radius 1 is 1.00 bits per heavy atom. The van der Waals surface area contributed by atoms with Crippen molar-refractivity contribution in [1.82, 2.24) is 4.90 Å². The molecule has 3 rings (SSSR count). The minimum absolute atomic E-state index is 0.0536. The molecule has 3 nitrogen and oxygen atoms in total. The Balaban J connectivity index is 1.73. The number of benzene rings is 2. The summed E-state index contributed by atoms with van der Waals surface area (Å²) in [4.78, 5) is 14.5. The fraction of sp³-hybridized carbons (Fsp3) is 0.235. The molecule has 0 saturated carbocycles. The third kappa shape index (κ3) is 3.59. The third-order valence-corrected chi connectivity index (χ3v) is 4.74. The molecule has 0 aliphatic carbocycles. The van der Waals surface area contributed by atoms with Crippen molar-refractivity contribution in [3.63, 3.8) is 0 Å². The first-order valence-corrected chi connectivity index (χ1v) is 8.64. The summed E-state index contributed by atoms with van der Waals surface area (Å²) < 4.78 is 7.83. The average molecular weight is 425 g/mol. The molecular formula is C17H15Br2NO2. The van der Waals surface area contributed by atoms with Gasteiger partial charge < -0.3 is 9.64 Å². The van der Waals surface area contributed by atoms with Crippen LogP contribution in [0.2, 0.25) is 0 Å². The van der Waals surface area contributed by atoms with Gasteiger partial charge in [0.1, 0.15) is 6.10 Å². The summed E-state index contributed by atoms with van der Waals surface area (Å²) in [5.74, 6) is 0.0536. The van der Waals surface area contributed by atoms with E-state index in [4.69, 9.17) is 4.74 Å². The number of hydrogen-bond donors (Lipinski definition) is 0. The number of rotatable bonds is 2. The fourth-order valence-electron chi connectivity index (χ4n) is 2.49. The van der Waals surface area contributed by atoms with E-state index in [0.717, 1.165) is 14.5 Å². The van der Waals surface area contributed by atoms with Gasteiger partial charge in [-0.25, -0.2) is 0 Å². The molecule has 2 aromatic rings. The zero-order chi connectivity index (χ0) is 15.5. The van der Waals surface area contributed by atoms with Crippen LogP contribution in [0.4, 0.5) is 0 Å². The largest absolute Gasteiger partial charge is 0.370 e. The van der Waals surface area contributed by atoms with Crippen molar-refractivity contribution in [2.45, 2.75) is 6.10 Å². The van der Waals surface area contributed by atoms with Gasteiger partial charge in [0, 0.05) is 21.1 Å². The molecule has 1 amide bonds. The molecule has 0 N–H and O–H groups in total. The highest BCUT2D eigenvalue weighted by Crippen LogP contribution is 2.25. The zero-order valence-electron chi connectivity index (χ0n) is 11.8. The summed E-state index contributed by atoms with van der Waals surface area (Å²) in [5.41, 5.74) is 1.80. The second-order valence-electron chi connectivity index (χ2n) is 5.17. The average Bonchev–Trinajstić information content (AvgIpc) is 2.56. The third-order valence-electron chi connectivity index (χ3n) is 3.69. The topological polar surface area (TPSA) is 29.5 Å². The van der Waals surface area contributed by atoms with Crippen LogP contribution in [0, 0.1) is 0 Å². The second-order valence-corrected chi connectivity index (χ2v) is 7.00. The number of carbonyl (C=O) groups excluding carboxylic acids is 1. The number of halogens is 2. The van der Waals surface area contributed by atoms with E-state index in [0.29, 0.717) is 25.3 Å². The fourth-order valence-corrected chi connectivity index (χ4v) is 3.02. The molecule has 114 valence electrons. The van der Waals surface area contributed by atoms with Gasteiger partial charge in [-0.2, -0.15) is 0 Å². The summed E-state index contributed by atoms with van der Waals surface area (Å²) in [7, 11) is 0. The predicted octanol–water partition coefficient (Wildman–Crippen LogP) is 4.43. The zero-order valence-corrected chi connectivity index (χ0v) is 15.0. The van der Waals surface area contributed by atoms with Crippen molar-refractivity contribution >= 4 is 37.8 Å². The normalized spacial score (nSPS) is 18.3. The summed E-state index contributed by atoms with van der Waals surface area (Å²) in [6.45, 7) is 1.77.